The average Bonchev–Trinajstić information content (AvgIpc) is 2.10. The molecule has 0 saturated carbocycles. The van der Waals surface area contributed by atoms with E-state index in [0.29, 0.717) is 0 Å². The lowest BCUT2D eigenvalue weighted by atomic mass is 10.0. The summed E-state index contributed by atoms with van der Waals surface area (Å²) in [5.74, 6) is -1.57. The topological polar surface area (TPSA) is 83.6 Å². The number of carbonyl (C=O) groups excluding carboxylic acids is 1. The van der Waals surface area contributed by atoms with E-state index in [1.807, 2.05) is 0 Å². The molecule has 0 rings (SSSR count). The highest BCUT2D eigenvalue weighted by atomic mass is 16.4. The van der Waals surface area contributed by atoms with Gasteiger partial charge in [0, 0.05) is 12.1 Å². The Bertz CT molecular complexity index is 239. The molecule has 0 heterocycles. The van der Waals surface area contributed by atoms with E-state index in [9.17, 15) is 9.59 Å². The number of aliphatic carboxylic acids is 1. The first-order chi connectivity index (χ1) is 6.77. The summed E-state index contributed by atoms with van der Waals surface area (Å²) < 4.78 is 0. The molecule has 1 amide bonds. The smallest absolute Gasteiger partial charge is 0.323 e. The Morgan fingerprint density at radius 2 is 1.73 bits per heavy atom. The van der Waals surface area contributed by atoms with Crippen LogP contribution in [0.1, 0.15) is 27.7 Å². The van der Waals surface area contributed by atoms with E-state index in [4.69, 9.17) is 10.8 Å². The summed E-state index contributed by atoms with van der Waals surface area (Å²) in [4.78, 5) is 23.8. The number of carboxylic acid groups (broad SMARTS) is 1. The largest absolute Gasteiger partial charge is 0.480 e. The second-order valence-electron chi connectivity index (χ2n) is 4.10. The number of carboxylic acids is 1. The molecular weight excluding hydrogens is 196 g/mol. The van der Waals surface area contributed by atoms with Crippen LogP contribution >= 0.6 is 0 Å². The Morgan fingerprint density at radius 3 is 2.00 bits per heavy atom. The maximum absolute atomic E-state index is 11.8. The van der Waals surface area contributed by atoms with Gasteiger partial charge in [-0.1, -0.05) is 6.92 Å². The van der Waals surface area contributed by atoms with Gasteiger partial charge in [0.2, 0.25) is 5.91 Å². The van der Waals surface area contributed by atoms with Gasteiger partial charge in [0.05, 0.1) is 5.92 Å². The molecule has 5 nitrogen and oxygen atoms in total. The van der Waals surface area contributed by atoms with Gasteiger partial charge in [0.1, 0.15) is 6.54 Å². The fourth-order valence-corrected chi connectivity index (χ4v) is 1.15. The van der Waals surface area contributed by atoms with Gasteiger partial charge in [-0.3, -0.25) is 9.59 Å². The van der Waals surface area contributed by atoms with Gasteiger partial charge in [0.25, 0.3) is 0 Å². The van der Waals surface area contributed by atoms with Crippen molar-refractivity contribution < 1.29 is 14.7 Å². The molecule has 0 aliphatic rings. The molecule has 0 saturated heterocycles. The molecular formula is C10H20N2O3. The second kappa shape index (κ2) is 5.70. The number of hydrogen-bond acceptors (Lipinski definition) is 3. The van der Waals surface area contributed by atoms with Crippen LogP contribution in [0.5, 0.6) is 0 Å². The molecule has 5 heteroatoms. The molecule has 0 aromatic rings. The Labute approximate surface area is 90.2 Å². The molecule has 0 fully saturated rings. The molecule has 0 aromatic carbocycles. The van der Waals surface area contributed by atoms with E-state index in [2.05, 4.69) is 0 Å². The third-order valence-corrected chi connectivity index (χ3v) is 2.39. The lowest BCUT2D eigenvalue weighted by molar-refractivity contribution is -0.147. The van der Waals surface area contributed by atoms with Gasteiger partial charge >= 0.3 is 5.97 Å². The van der Waals surface area contributed by atoms with Gasteiger partial charge in [-0.2, -0.15) is 0 Å². The SMILES string of the molecule is CC(N)C(C)C(=O)N(CC(=O)O)C(C)C. The monoisotopic (exact) mass is 216 g/mol. The highest BCUT2D eigenvalue weighted by Crippen LogP contribution is 2.09. The summed E-state index contributed by atoms with van der Waals surface area (Å²) in [5, 5.41) is 8.68. The second-order valence-corrected chi connectivity index (χ2v) is 4.10. The van der Waals surface area contributed by atoms with Gasteiger partial charge in [0.15, 0.2) is 0 Å². The van der Waals surface area contributed by atoms with Crippen molar-refractivity contribution in [3.05, 3.63) is 0 Å². The number of amides is 1. The van der Waals surface area contributed by atoms with E-state index in [1.165, 1.54) is 4.90 Å². The van der Waals surface area contributed by atoms with Crippen LogP contribution in [0.15, 0.2) is 0 Å². The summed E-state index contributed by atoms with van der Waals surface area (Å²) in [7, 11) is 0. The fraction of sp³-hybridized carbons (Fsp3) is 0.800. The lowest BCUT2D eigenvalue weighted by Crippen LogP contribution is -2.47. The van der Waals surface area contributed by atoms with E-state index in [0.717, 1.165) is 0 Å². The van der Waals surface area contributed by atoms with Crippen LogP contribution in [0, 0.1) is 5.92 Å². The molecule has 2 atom stereocenters. The van der Waals surface area contributed by atoms with Crippen molar-refractivity contribution in [2.75, 3.05) is 6.54 Å². The molecule has 0 radical (unpaired) electrons. The zero-order valence-corrected chi connectivity index (χ0v) is 9.73. The van der Waals surface area contributed by atoms with Crippen LogP contribution in [-0.2, 0) is 9.59 Å². The number of nitrogens with zero attached hydrogens (tertiary/aromatic N) is 1. The third kappa shape index (κ3) is 4.29. The minimum Gasteiger partial charge on any atom is -0.480 e. The van der Waals surface area contributed by atoms with Gasteiger partial charge in [-0.05, 0) is 20.8 Å². The normalized spacial score (nSPS) is 14.8. The van der Waals surface area contributed by atoms with Gasteiger partial charge in [-0.15, -0.1) is 0 Å². The molecule has 0 aliphatic carbocycles. The van der Waals surface area contributed by atoms with Crippen LogP contribution in [0.25, 0.3) is 0 Å². The highest BCUT2D eigenvalue weighted by molar-refractivity contribution is 5.83. The molecule has 2 unspecified atom stereocenters. The van der Waals surface area contributed by atoms with Crippen LogP contribution in [-0.4, -0.2) is 40.5 Å². The van der Waals surface area contributed by atoms with Crippen molar-refractivity contribution in [3.63, 3.8) is 0 Å². The first-order valence-corrected chi connectivity index (χ1v) is 5.05. The van der Waals surface area contributed by atoms with Crippen molar-refractivity contribution in [3.8, 4) is 0 Å². The first-order valence-electron chi connectivity index (χ1n) is 5.05. The van der Waals surface area contributed by atoms with Gasteiger partial charge in [-0.25, -0.2) is 0 Å². The number of rotatable bonds is 5. The molecule has 0 bridgehead atoms. The first kappa shape index (κ1) is 13.9. The third-order valence-electron chi connectivity index (χ3n) is 2.39. The van der Waals surface area contributed by atoms with Crippen LogP contribution in [0.2, 0.25) is 0 Å². The minimum absolute atomic E-state index is 0.130. The summed E-state index contributed by atoms with van der Waals surface area (Å²) >= 11 is 0. The van der Waals surface area contributed by atoms with Crippen molar-refractivity contribution in [2.24, 2.45) is 11.7 Å². The van der Waals surface area contributed by atoms with Crippen LogP contribution in [0.4, 0.5) is 0 Å². The maximum Gasteiger partial charge on any atom is 0.323 e. The average molecular weight is 216 g/mol. The van der Waals surface area contributed by atoms with E-state index >= 15 is 0 Å². The van der Waals surface area contributed by atoms with Gasteiger partial charge < -0.3 is 15.7 Å². The lowest BCUT2D eigenvalue weighted by Gasteiger charge is -2.29. The molecule has 0 spiro atoms. The Balaban J connectivity index is 4.62. The van der Waals surface area contributed by atoms with E-state index in [1.54, 1.807) is 27.7 Å². The predicted molar refractivity (Wildman–Crippen MR) is 57.3 cm³/mol. The standard InChI is InChI=1S/C10H20N2O3/c1-6(2)12(5-9(13)14)10(15)7(3)8(4)11/h6-8H,5,11H2,1-4H3,(H,13,14). The molecule has 3 N–H and O–H groups in total. The summed E-state index contributed by atoms with van der Waals surface area (Å²) in [5.41, 5.74) is 5.61. The van der Waals surface area contributed by atoms with Crippen molar-refractivity contribution in [2.45, 2.75) is 39.8 Å². The molecule has 0 aromatic heterocycles. The number of carbonyl (C=O) groups is 2. The summed E-state index contributed by atoms with van der Waals surface area (Å²) in [6.45, 7) is 6.75. The molecule has 0 aliphatic heterocycles. The fourth-order valence-electron chi connectivity index (χ4n) is 1.15. The predicted octanol–water partition coefficient (Wildman–Crippen LogP) is 0.291. The molecule has 15 heavy (non-hydrogen) atoms. The van der Waals surface area contributed by atoms with Crippen molar-refractivity contribution in [1.29, 1.82) is 0 Å². The number of hydrogen-bond donors (Lipinski definition) is 2. The Morgan fingerprint density at radius 1 is 1.27 bits per heavy atom. The van der Waals surface area contributed by atoms with Crippen molar-refractivity contribution in [1.82, 2.24) is 4.90 Å². The minimum atomic E-state index is -1.01. The zero-order valence-electron chi connectivity index (χ0n) is 9.73. The van der Waals surface area contributed by atoms with E-state index in [-0.39, 0.29) is 30.5 Å². The van der Waals surface area contributed by atoms with E-state index < -0.39 is 5.97 Å². The summed E-state index contributed by atoms with van der Waals surface area (Å²) in [6, 6.07) is -0.401. The van der Waals surface area contributed by atoms with Crippen LogP contribution < -0.4 is 5.73 Å². The highest BCUT2D eigenvalue weighted by Gasteiger charge is 2.26. The Hall–Kier alpha value is -1.10. The van der Waals surface area contributed by atoms with Crippen molar-refractivity contribution >= 4 is 11.9 Å². The molecule has 88 valence electrons. The zero-order chi connectivity index (χ0) is 12.2. The number of nitrogens with two attached hydrogens (primary N) is 1. The maximum atomic E-state index is 11.8. The summed E-state index contributed by atoms with van der Waals surface area (Å²) in [6.07, 6.45) is 0. The Kier molecular flexibility index (Phi) is 5.28. The quantitative estimate of drug-likeness (QED) is 0.692. The van der Waals surface area contributed by atoms with Crippen LogP contribution in [0.3, 0.4) is 0 Å².